The van der Waals surface area contributed by atoms with Crippen LogP contribution in [-0.2, 0) is 4.79 Å². The number of hydrogen-bond acceptors (Lipinski definition) is 3. The molecule has 1 unspecified atom stereocenters. The molecule has 0 aliphatic rings. The molecule has 1 aromatic rings. The van der Waals surface area contributed by atoms with Crippen molar-refractivity contribution < 1.29 is 9.90 Å². The first-order valence-electron chi connectivity index (χ1n) is 4.06. The first-order valence-corrected chi connectivity index (χ1v) is 4.06. The number of nitrogens with zero attached hydrogens (tertiary/aromatic N) is 1. The molecule has 0 aromatic heterocycles. The van der Waals surface area contributed by atoms with E-state index in [9.17, 15) is 9.90 Å². The van der Waals surface area contributed by atoms with Gasteiger partial charge in [0.15, 0.2) is 6.29 Å². The van der Waals surface area contributed by atoms with Gasteiger partial charge in [-0.3, -0.25) is 0 Å². The molecule has 1 aromatic carbocycles. The predicted octanol–water partition coefficient (Wildman–Crippen LogP) is 0.985. The summed E-state index contributed by atoms with van der Waals surface area (Å²) in [4.78, 5) is 12.2. The Morgan fingerprint density at radius 3 is 2.23 bits per heavy atom. The van der Waals surface area contributed by atoms with Crippen LogP contribution in [0.3, 0.4) is 0 Å². The lowest BCUT2D eigenvalue weighted by molar-refractivity contribution is -0.115. The highest BCUT2D eigenvalue weighted by molar-refractivity contribution is 5.60. The molecule has 3 heteroatoms. The number of carbonyl (C=O) groups is 1. The number of benzene rings is 1. The molecule has 0 heterocycles. The van der Waals surface area contributed by atoms with Crippen LogP contribution in [-0.4, -0.2) is 25.5 Å². The second-order valence-electron chi connectivity index (χ2n) is 3.07. The summed E-state index contributed by atoms with van der Waals surface area (Å²) in [7, 11) is 3.87. The maximum atomic E-state index is 10.3. The van der Waals surface area contributed by atoms with Gasteiger partial charge < -0.3 is 14.8 Å². The van der Waals surface area contributed by atoms with Crippen LogP contribution in [0.25, 0.3) is 0 Å². The molecular weight excluding hydrogens is 166 g/mol. The van der Waals surface area contributed by atoms with E-state index < -0.39 is 6.10 Å². The molecular formula is C10H13NO2. The standard InChI is InChI=1S/C10H13NO2/c1-11(2)9-5-3-8(4-6-9)10(13)7-12/h3-7,10,13H,1-2H3. The molecule has 0 aliphatic carbocycles. The SMILES string of the molecule is CN(C)c1ccc(C(O)C=O)cc1. The topological polar surface area (TPSA) is 40.5 Å². The highest BCUT2D eigenvalue weighted by atomic mass is 16.3. The van der Waals surface area contributed by atoms with Crippen LogP contribution in [0.1, 0.15) is 11.7 Å². The molecule has 0 saturated carbocycles. The van der Waals surface area contributed by atoms with Crippen LogP contribution in [0.2, 0.25) is 0 Å². The highest BCUT2D eigenvalue weighted by Gasteiger charge is 2.04. The zero-order valence-corrected chi connectivity index (χ0v) is 7.77. The van der Waals surface area contributed by atoms with Gasteiger partial charge in [-0.25, -0.2) is 0 Å². The van der Waals surface area contributed by atoms with Gasteiger partial charge in [-0.2, -0.15) is 0 Å². The molecule has 70 valence electrons. The smallest absolute Gasteiger partial charge is 0.153 e. The van der Waals surface area contributed by atoms with Crippen LogP contribution in [0.4, 0.5) is 5.69 Å². The summed E-state index contributed by atoms with van der Waals surface area (Å²) in [6, 6.07) is 7.22. The van der Waals surface area contributed by atoms with E-state index in [4.69, 9.17) is 0 Å². The summed E-state index contributed by atoms with van der Waals surface area (Å²) in [5.74, 6) is 0. The first-order chi connectivity index (χ1) is 6.15. The Labute approximate surface area is 77.6 Å². The van der Waals surface area contributed by atoms with Crippen molar-refractivity contribution in [1.29, 1.82) is 0 Å². The normalized spacial score (nSPS) is 12.2. The second-order valence-corrected chi connectivity index (χ2v) is 3.07. The molecule has 0 bridgehead atoms. The number of hydrogen-bond donors (Lipinski definition) is 1. The molecule has 0 aliphatic heterocycles. The van der Waals surface area contributed by atoms with Crippen LogP contribution in [0.5, 0.6) is 0 Å². The van der Waals surface area contributed by atoms with Gasteiger partial charge in [-0.1, -0.05) is 12.1 Å². The van der Waals surface area contributed by atoms with Crippen molar-refractivity contribution in [3.63, 3.8) is 0 Å². The van der Waals surface area contributed by atoms with E-state index >= 15 is 0 Å². The van der Waals surface area contributed by atoms with Crippen molar-refractivity contribution in [3.05, 3.63) is 29.8 Å². The zero-order valence-electron chi connectivity index (χ0n) is 7.77. The number of rotatable bonds is 3. The fourth-order valence-corrected chi connectivity index (χ4v) is 1.05. The third kappa shape index (κ3) is 2.29. The Kier molecular flexibility index (Phi) is 3.03. The summed E-state index contributed by atoms with van der Waals surface area (Å²) in [6.07, 6.45) is -0.485. The lowest BCUT2D eigenvalue weighted by Gasteiger charge is -2.12. The van der Waals surface area contributed by atoms with Gasteiger partial charge in [-0.05, 0) is 17.7 Å². The van der Waals surface area contributed by atoms with Gasteiger partial charge >= 0.3 is 0 Å². The van der Waals surface area contributed by atoms with Crippen molar-refractivity contribution in [2.75, 3.05) is 19.0 Å². The minimum absolute atomic E-state index is 0.519. The minimum Gasteiger partial charge on any atom is -0.381 e. The minimum atomic E-state index is -1.00. The van der Waals surface area contributed by atoms with Crippen molar-refractivity contribution in [3.8, 4) is 0 Å². The molecule has 1 N–H and O–H groups in total. The third-order valence-corrected chi connectivity index (χ3v) is 1.88. The molecule has 0 amide bonds. The van der Waals surface area contributed by atoms with E-state index in [0.717, 1.165) is 5.69 Å². The van der Waals surface area contributed by atoms with E-state index in [1.165, 1.54) is 0 Å². The molecule has 0 saturated heterocycles. The van der Waals surface area contributed by atoms with Gasteiger partial charge in [0.05, 0.1) is 0 Å². The van der Waals surface area contributed by atoms with Gasteiger partial charge in [0, 0.05) is 19.8 Å². The summed E-state index contributed by atoms with van der Waals surface area (Å²) >= 11 is 0. The molecule has 1 atom stereocenters. The van der Waals surface area contributed by atoms with E-state index in [-0.39, 0.29) is 0 Å². The summed E-state index contributed by atoms with van der Waals surface area (Å²) < 4.78 is 0. The van der Waals surface area contributed by atoms with E-state index in [2.05, 4.69) is 0 Å². The van der Waals surface area contributed by atoms with Gasteiger partial charge in [0.1, 0.15) is 6.10 Å². The predicted molar refractivity (Wildman–Crippen MR) is 51.8 cm³/mol. The van der Waals surface area contributed by atoms with Crippen molar-refractivity contribution in [2.45, 2.75) is 6.10 Å². The van der Waals surface area contributed by atoms with Gasteiger partial charge in [0.2, 0.25) is 0 Å². The highest BCUT2D eigenvalue weighted by Crippen LogP contribution is 2.16. The Morgan fingerprint density at radius 1 is 1.31 bits per heavy atom. The van der Waals surface area contributed by atoms with Crippen molar-refractivity contribution in [2.24, 2.45) is 0 Å². The molecule has 3 nitrogen and oxygen atoms in total. The van der Waals surface area contributed by atoms with Crippen molar-refractivity contribution in [1.82, 2.24) is 0 Å². The second kappa shape index (κ2) is 4.05. The maximum Gasteiger partial charge on any atom is 0.153 e. The third-order valence-electron chi connectivity index (χ3n) is 1.88. The first kappa shape index (κ1) is 9.74. The van der Waals surface area contributed by atoms with Crippen molar-refractivity contribution >= 4 is 12.0 Å². The Morgan fingerprint density at radius 2 is 1.85 bits per heavy atom. The van der Waals surface area contributed by atoms with E-state index in [1.807, 2.05) is 31.1 Å². The quantitative estimate of drug-likeness (QED) is 0.703. The average molecular weight is 179 g/mol. The molecule has 1 rings (SSSR count). The van der Waals surface area contributed by atoms with Crippen LogP contribution < -0.4 is 4.90 Å². The van der Waals surface area contributed by atoms with Crippen LogP contribution in [0, 0.1) is 0 Å². The molecule has 13 heavy (non-hydrogen) atoms. The lowest BCUT2D eigenvalue weighted by Crippen LogP contribution is -2.08. The fourth-order valence-electron chi connectivity index (χ4n) is 1.05. The zero-order chi connectivity index (χ0) is 9.84. The average Bonchev–Trinajstić information content (AvgIpc) is 2.17. The Hall–Kier alpha value is -1.35. The Bertz CT molecular complexity index is 279. The number of carbonyl (C=O) groups excluding carboxylic acids is 1. The lowest BCUT2D eigenvalue weighted by atomic mass is 10.1. The fraction of sp³-hybridized carbons (Fsp3) is 0.300. The van der Waals surface area contributed by atoms with Crippen LogP contribution >= 0.6 is 0 Å². The van der Waals surface area contributed by atoms with Crippen LogP contribution in [0.15, 0.2) is 24.3 Å². The molecule has 0 radical (unpaired) electrons. The van der Waals surface area contributed by atoms with Gasteiger partial charge in [-0.15, -0.1) is 0 Å². The number of aldehydes is 1. The molecule has 0 fully saturated rings. The van der Waals surface area contributed by atoms with Gasteiger partial charge in [0.25, 0.3) is 0 Å². The van der Waals surface area contributed by atoms with E-state index in [1.54, 1.807) is 12.1 Å². The Balaban J connectivity index is 2.87. The summed E-state index contributed by atoms with van der Waals surface area (Å²) in [5.41, 5.74) is 1.67. The summed E-state index contributed by atoms with van der Waals surface area (Å²) in [5, 5.41) is 9.18. The largest absolute Gasteiger partial charge is 0.381 e. The maximum absolute atomic E-state index is 10.3. The van der Waals surface area contributed by atoms with E-state index in [0.29, 0.717) is 11.8 Å². The number of aliphatic hydroxyl groups excluding tert-OH is 1. The molecule has 0 spiro atoms. The monoisotopic (exact) mass is 179 g/mol. The number of aliphatic hydroxyl groups is 1. The summed E-state index contributed by atoms with van der Waals surface area (Å²) in [6.45, 7) is 0. The number of anilines is 1.